The van der Waals surface area contributed by atoms with Crippen LogP contribution in [0.2, 0.25) is 5.02 Å². The molecule has 1 aromatic carbocycles. The van der Waals surface area contributed by atoms with Crippen molar-refractivity contribution in [1.82, 2.24) is 10.6 Å². The molecule has 6 nitrogen and oxygen atoms in total. The zero-order chi connectivity index (χ0) is 18.1. The molecule has 3 N–H and O–H groups in total. The van der Waals surface area contributed by atoms with E-state index in [-0.39, 0.29) is 18.7 Å². The van der Waals surface area contributed by atoms with Gasteiger partial charge in [-0.2, -0.15) is 0 Å². The van der Waals surface area contributed by atoms with E-state index in [0.29, 0.717) is 11.4 Å². The number of carbonyl (C=O) groups is 3. The second kappa shape index (κ2) is 9.72. The zero-order valence-corrected chi connectivity index (χ0v) is 14.2. The second-order valence-electron chi connectivity index (χ2n) is 5.41. The average molecular weight is 353 g/mol. The minimum Gasteiger partial charge on any atom is -0.481 e. The van der Waals surface area contributed by atoms with Gasteiger partial charge in [0, 0.05) is 18.0 Å². The number of rotatable bonds is 9. The minimum atomic E-state index is -1.02. The van der Waals surface area contributed by atoms with Crippen LogP contribution in [0.1, 0.15) is 25.3 Å². The van der Waals surface area contributed by atoms with E-state index in [2.05, 4.69) is 17.2 Å². The first-order chi connectivity index (χ1) is 11.3. The fourth-order valence-corrected chi connectivity index (χ4v) is 2.36. The maximum Gasteiger partial charge on any atom is 0.305 e. The Kier molecular flexibility index (Phi) is 7.98. The molecule has 0 heterocycles. The topological polar surface area (TPSA) is 95.5 Å². The van der Waals surface area contributed by atoms with Crippen LogP contribution in [0.3, 0.4) is 0 Å². The molecule has 0 saturated carbocycles. The van der Waals surface area contributed by atoms with Crippen molar-refractivity contribution in [2.75, 3.05) is 0 Å². The highest BCUT2D eigenvalue weighted by molar-refractivity contribution is 6.30. The van der Waals surface area contributed by atoms with Crippen molar-refractivity contribution in [3.05, 3.63) is 47.5 Å². The highest BCUT2D eigenvalue weighted by Gasteiger charge is 2.23. The summed E-state index contributed by atoms with van der Waals surface area (Å²) >= 11 is 5.83. The maximum absolute atomic E-state index is 12.3. The number of aliphatic carboxylic acids is 1. The van der Waals surface area contributed by atoms with Crippen molar-refractivity contribution in [1.29, 1.82) is 0 Å². The van der Waals surface area contributed by atoms with Crippen LogP contribution < -0.4 is 10.6 Å². The Morgan fingerprint density at radius 1 is 1.25 bits per heavy atom. The molecule has 0 aliphatic heterocycles. The molecule has 0 saturated heterocycles. The molecule has 2 amide bonds. The molecule has 24 heavy (non-hydrogen) atoms. The Morgan fingerprint density at radius 3 is 2.38 bits per heavy atom. The van der Waals surface area contributed by atoms with Crippen LogP contribution in [0.5, 0.6) is 0 Å². The first kappa shape index (κ1) is 19.7. The van der Waals surface area contributed by atoms with Crippen LogP contribution in [0.4, 0.5) is 0 Å². The van der Waals surface area contributed by atoms with E-state index in [0.717, 1.165) is 5.56 Å². The monoisotopic (exact) mass is 352 g/mol. The number of carboxylic acid groups (broad SMARTS) is 1. The molecule has 0 radical (unpaired) electrons. The molecule has 1 aromatic rings. The Bertz CT molecular complexity index is 601. The molecule has 7 heteroatoms. The summed E-state index contributed by atoms with van der Waals surface area (Å²) in [4.78, 5) is 34.6. The zero-order valence-electron chi connectivity index (χ0n) is 13.4. The van der Waals surface area contributed by atoms with Crippen molar-refractivity contribution in [3.8, 4) is 0 Å². The number of hydrogen-bond donors (Lipinski definition) is 3. The number of hydrogen-bond acceptors (Lipinski definition) is 3. The molecule has 1 unspecified atom stereocenters. The maximum atomic E-state index is 12.3. The third-order valence-electron chi connectivity index (χ3n) is 3.26. The molecular formula is C17H21ClN2O4. The van der Waals surface area contributed by atoms with E-state index in [1.807, 2.05) is 0 Å². The van der Waals surface area contributed by atoms with Gasteiger partial charge in [0.05, 0.1) is 6.42 Å². The van der Waals surface area contributed by atoms with Gasteiger partial charge in [-0.05, 0) is 30.5 Å². The molecule has 2 atom stereocenters. The fourth-order valence-electron chi connectivity index (χ4n) is 2.24. The Balaban J connectivity index is 2.81. The third-order valence-corrected chi connectivity index (χ3v) is 3.51. The summed E-state index contributed by atoms with van der Waals surface area (Å²) in [6.45, 7) is 4.87. The predicted octanol–water partition coefficient (Wildman–Crippen LogP) is 1.92. The lowest BCUT2D eigenvalue weighted by atomic mass is 10.0. The molecule has 0 fully saturated rings. The van der Waals surface area contributed by atoms with E-state index < -0.39 is 24.0 Å². The van der Waals surface area contributed by atoms with Gasteiger partial charge in [-0.3, -0.25) is 14.4 Å². The van der Waals surface area contributed by atoms with Gasteiger partial charge in [0.15, 0.2) is 0 Å². The Hall–Kier alpha value is -2.34. The Labute approximate surface area is 145 Å². The first-order valence-corrected chi connectivity index (χ1v) is 7.84. The van der Waals surface area contributed by atoms with Crippen LogP contribution in [-0.4, -0.2) is 35.0 Å². The van der Waals surface area contributed by atoms with Gasteiger partial charge in [-0.25, -0.2) is 0 Å². The normalized spacial score (nSPS) is 12.8. The van der Waals surface area contributed by atoms with Gasteiger partial charge in [-0.15, -0.1) is 6.58 Å². The van der Waals surface area contributed by atoms with E-state index in [9.17, 15) is 14.4 Å². The molecule has 0 aliphatic rings. The first-order valence-electron chi connectivity index (χ1n) is 7.46. The SMILES string of the molecule is C=CCC(NC(C)=O)C(=O)N[C@H](CC(=O)O)Cc1ccc(Cl)cc1. The lowest BCUT2D eigenvalue weighted by Gasteiger charge is -2.22. The van der Waals surface area contributed by atoms with Gasteiger partial charge < -0.3 is 15.7 Å². The van der Waals surface area contributed by atoms with Crippen LogP contribution in [0.15, 0.2) is 36.9 Å². The fraction of sp³-hybridized carbons (Fsp3) is 0.353. The molecule has 0 aliphatic carbocycles. The van der Waals surface area contributed by atoms with Gasteiger partial charge in [0.25, 0.3) is 0 Å². The van der Waals surface area contributed by atoms with E-state index >= 15 is 0 Å². The summed E-state index contributed by atoms with van der Waals surface area (Å²) in [6, 6.07) is 5.58. The van der Waals surface area contributed by atoms with Gasteiger partial charge in [0.1, 0.15) is 6.04 Å². The number of carbonyl (C=O) groups excluding carboxylic acids is 2. The van der Waals surface area contributed by atoms with Crippen LogP contribution in [0, 0.1) is 0 Å². The summed E-state index contributed by atoms with van der Waals surface area (Å²) < 4.78 is 0. The summed E-state index contributed by atoms with van der Waals surface area (Å²) in [5, 5.41) is 14.8. The number of halogens is 1. The number of nitrogens with one attached hydrogen (secondary N) is 2. The third kappa shape index (κ3) is 7.28. The number of benzene rings is 1. The van der Waals surface area contributed by atoms with Crippen LogP contribution in [-0.2, 0) is 20.8 Å². The van der Waals surface area contributed by atoms with Crippen molar-refractivity contribution in [3.63, 3.8) is 0 Å². The second-order valence-corrected chi connectivity index (χ2v) is 5.85. The highest BCUT2D eigenvalue weighted by Crippen LogP contribution is 2.12. The smallest absolute Gasteiger partial charge is 0.305 e. The van der Waals surface area contributed by atoms with E-state index in [1.165, 1.54) is 13.0 Å². The lowest BCUT2D eigenvalue weighted by Crippen LogP contribution is -2.50. The summed E-state index contributed by atoms with van der Waals surface area (Å²) in [5.74, 6) is -1.80. The molecular weight excluding hydrogens is 332 g/mol. The number of amides is 2. The van der Waals surface area contributed by atoms with E-state index in [1.54, 1.807) is 24.3 Å². The summed E-state index contributed by atoms with van der Waals surface area (Å²) in [6.07, 6.45) is 1.89. The average Bonchev–Trinajstić information content (AvgIpc) is 2.48. The van der Waals surface area contributed by atoms with Crippen molar-refractivity contribution in [2.45, 2.75) is 38.3 Å². The van der Waals surface area contributed by atoms with Crippen molar-refractivity contribution >= 4 is 29.4 Å². The number of carboxylic acids is 1. The molecule has 0 bridgehead atoms. The van der Waals surface area contributed by atoms with Crippen LogP contribution >= 0.6 is 11.6 Å². The molecule has 1 rings (SSSR count). The Morgan fingerprint density at radius 2 is 1.88 bits per heavy atom. The van der Waals surface area contributed by atoms with Gasteiger partial charge in [-0.1, -0.05) is 29.8 Å². The molecule has 0 aromatic heterocycles. The predicted molar refractivity (Wildman–Crippen MR) is 91.8 cm³/mol. The van der Waals surface area contributed by atoms with E-state index in [4.69, 9.17) is 16.7 Å². The summed E-state index contributed by atoms with van der Waals surface area (Å²) in [7, 11) is 0. The quantitative estimate of drug-likeness (QED) is 0.592. The molecule has 130 valence electrons. The summed E-state index contributed by atoms with van der Waals surface area (Å²) in [5.41, 5.74) is 0.853. The standard InChI is InChI=1S/C17H21ClN2O4/c1-3-4-15(19-11(2)21)17(24)20-14(10-16(22)23)9-12-5-7-13(18)8-6-12/h3,5-8,14-15H,1,4,9-10H2,2H3,(H,19,21)(H,20,24)(H,22,23)/t14-,15?/m0/s1. The van der Waals surface area contributed by atoms with Gasteiger partial charge >= 0.3 is 5.97 Å². The largest absolute Gasteiger partial charge is 0.481 e. The van der Waals surface area contributed by atoms with Crippen molar-refractivity contribution in [2.24, 2.45) is 0 Å². The highest BCUT2D eigenvalue weighted by atomic mass is 35.5. The van der Waals surface area contributed by atoms with Crippen LogP contribution in [0.25, 0.3) is 0 Å². The lowest BCUT2D eigenvalue weighted by molar-refractivity contribution is -0.138. The minimum absolute atomic E-state index is 0.227. The molecule has 0 spiro atoms. The van der Waals surface area contributed by atoms with Crippen molar-refractivity contribution < 1.29 is 19.5 Å². The van der Waals surface area contributed by atoms with Gasteiger partial charge in [0.2, 0.25) is 11.8 Å².